The van der Waals surface area contributed by atoms with E-state index in [9.17, 15) is 4.79 Å². The van der Waals surface area contributed by atoms with Crippen molar-refractivity contribution in [1.29, 1.82) is 0 Å². The Balaban J connectivity index is 2.05. The zero-order valence-electron chi connectivity index (χ0n) is 9.96. The molecule has 96 valence electrons. The van der Waals surface area contributed by atoms with Gasteiger partial charge in [0.1, 0.15) is 4.34 Å². The molecule has 0 atom stereocenters. The molecule has 0 radical (unpaired) electrons. The van der Waals surface area contributed by atoms with E-state index in [1.807, 2.05) is 30.7 Å². The fourth-order valence-corrected chi connectivity index (χ4v) is 3.06. The van der Waals surface area contributed by atoms with Gasteiger partial charge in [-0.25, -0.2) is 0 Å². The van der Waals surface area contributed by atoms with Crippen LogP contribution in [0.2, 0.25) is 8.67 Å². The highest BCUT2D eigenvalue weighted by Gasteiger charge is 2.14. The molecule has 0 fully saturated rings. The molecule has 2 aromatic rings. The summed E-state index contributed by atoms with van der Waals surface area (Å²) in [5.74, 6) is -0.206. The van der Waals surface area contributed by atoms with Crippen LogP contribution < -0.4 is 5.32 Å². The lowest BCUT2D eigenvalue weighted by atomic mass is 10.3. The first-order valence-electron chi connectivity index (χ1n) is 5.33. The number of carbonyl (C=O) groups is 1. The maximum atomic E-state index is 11.9. The Labute approximate surface area is 119 Å². The Kier molecular flexibility index (Phi) is 4.00. The van der Waals surface area contributed by atoms with E-state index in [2.05, 4.69) is 5.32 Å². The second kappa shape index (κ2) is 5.34. The number of hydrogen-bond donors (Lipinski definition) is 1. The Morgan fingerprint density at radius 2 is 2.17 bits per heavy atom. The van der Waals surface area contributed by atoms with Crippen molar-refractivity contribution in [1.82, 2.24) is 9.88 Å². The van der Waals surface area contributed by atoms with Gasteiger partial charge in [0.25, 0.3) is 5.91 Å². The summed E-state index contributed by atoms with van der Waals surface area (Å²) in [4.78, 5) is 11.9. The second-order valence-electron chi connectivity index (χ2n) is 3.95. The zero-order chi connectivity index (χ0) is 13.3. The lowest BCUT2D eigenvalue weighted by Gasteiger charge is -2.07. The van der Waals surface area contributed by atoms with Crippen molar-refractivity contribution in [3.8, 4) is 0 Å². The molecule has 3 nitrogen and oxygen atoms in total. The molecular formula is C12H12Cl2N2OS. The number of carbonyl (C=O) groups excluding carboxylic acids is 1. The number of nitrogens with zero attached hydrogens (tertiary/aromatic N) is 1. The second-order valence-corrected chi connectivity index (χ2v) is 6.23. The number of aryl methyl sites for hydroxylation is 1. The SMILES string of the molecule is Cc1ccc(CNC(=O)c2cc(Cl)sc2Cl)n1C. The summed E-state index contributed by atoms with van der Waals surface area (Å²) in [6, 6.07) is 5.58. The quantitative estimate of drug-likeness (QED) is 0.923. The highest BCUT2D eigenvalue weighted by atomic mass is 35.5. The third-order valence-corrected chi connectivity index (χ3v) is 4.30. The van der Waals surface area contributed by atoms with E-state index in [1.54, 1.807) is 6.07 Å². The molecule has 1 amide bonds. The van der Waals surface area contributed by atoms with Gasteiger partial charge in [0.2, 0.25) is 0 Å². The Bertz CT molecular complexity index is 589. The monoisotopic (exact) mass is 302 g/mol. The van der Waals surface area contributed by atoms with E-state index >= 15 is 0 Å². The number of thiophene rings is 1. The van der Waals surface area contributed by atoms with Crippen molar-refractivity contribution < 1.29 is 4.79 Å². The number of nitrogens with one attached hydrogen (secondary N) is 1. The first-order valence-corrected chi connectivity index (χ1v) is 6.90. The van der Waals surface area contributed by atoms with Crippen LogP contribution in [0.3, 0.4) is 0 Å². The van der Waals surface area contributed by atoms with Gasteiger partial charge in [0, 0.05) is 18.4 Å². The molecule has 0 saturated heterocycles. The minimum Gasteiger partial charge on any atom is -0.350 e. The molecular weight excluding hydrogens is 291 g/mol. The minimum absolute atomic E-state index is 0.206. The molecule has 0 saturated carbocycles. The summed E-state index contributed by atoms with van der Waals surface area (Å²) < 4.78 is 2.96. The van der Waals surface area contributed by atoms with Gasteiger partial charge in [0.15, 0.2) is 0 Å². The van der Waals surface area contributed by atoms with Crippen molar-refractivity contribution in [2.45, 2.75) is 13.5 Å². The van der Waals surface area contributed by atoms with Gasteiger partial charge in [-0.15, -0.1) is 11.3 Å². The van der Waals surface area contributed by atoms with E-state index in [1.165, 1.54) is 11.3 Å². The molecule has 0 aliphatic carbocycles. The molecule has 0 spiro atoms. The molecule has 0 aromatic carbocycles. The van der Waals surface area contributed by atoms with Crippen molar-refractivity contribution in [3.05, 3.63) is 43.8 Å². The zero-order valence-corrected chi connectivity index (χ0v) is 12.3. The van der Waals surface area contributed by atoms with Gasteiger partial charge in [-0.3, -0.25) is 4.79 Å². The summed E-state index contributed by atoms with van der Waals surface area (Å²) in [5.41, 5.74) is 2.62. The van der Waals surface area contributed by atoms with Crippen molar-refractivity contribution in [2.75, 3.05) is 0 Å². The van der Waals surface area contributed by atoms with Gasteiger partial charge in [0.05, 0.1) is 16.4 Å². The fraction of sp³-hybridized carbons (Fsp3) is 0.250. The van der Waals surface area contributed by atoms with Gasteiger partial charge in [-0.05, 0) is 25.1 Å². The molecule has 0 aliphatic rings. The van der Waals surface area contributed by atoms with E-state index in [0.717, 1.165) is 11.4 Å². The predicted molar refractivity (Wildman–Crippen MR) is 75.7 cm³/mol. The van der Waals surface area contributed by atoms with Crippen LogP contribution in [0, 0.1) is 6.92 Å². The van der Waals surface area contributed by atoms with E-state index in [4.69, 9.17) is 23.2 Å². The first-order chi connectivity index (χ1) is 8.49. The average Bonchev–Trinajstić information content (AvgIpc) is 2.81. The summed E-state index contributed by atoms with van der Waals surface area (Å²) >= 11 is 12.9. The van der Waals surface area contributed by atoms with Crippen LogP contribution in [0.4, 0.5) is 0 Å². The third-order valence-electron chi connectivity index (χ3n) is 2.81. The summed E-state index contributed by atoms with van der Waals surface area (Å²) in [7, 11) is 1.96. The molecule has 0 aliphatic heterocycles. The summed E-state index contributed by atoms with van der Waals surface area (Å²) in [6.07, 6.45) is 0. The van der Waals surface area contributed by atoms with Crippen LogP contribution in [0.1, 0.15) is 21.7 Å². The molecule has 6 heteroatoms. The Hall–Kier alpha value is -0.970. The molecule has 1 N–H and O–H groups in total. The van der Waals surface area contributed by atoms with Crippen molar-refractivity contribution in [2.24, 2.45) is 7.05 Å². The molecule has 0 bridgehead atoms. The molecule has 2 rings (SSSR count). The number of halogens is 2. The lowest BCUT2D eigenvalue weighted by Crippen LogP contribution is -2.23. The normalized spacial score (nSPS) is 10.7. The molecule has 2 heterocycles. The van der Waals surface area contributed by atoms with Gasteiger partial charge in [-0.2, -0.15) is 0 Å². The van der Waals surface area contributed by atoms with Crippen LogP contribution >= 0.6 is 34.5 Å². The summed E-state index contributed by atoms with van der Waals surface area (Å²) in [5, 5.41) is 2.83. The van der Waals surface area contributed by atoms with Crippen molar-refractivity contribution in [3.63, 3.8) is 0 Å². The van der Waals surface area contributed by atoms with Gasteiger partial charge < -0.3 is 9.88 Å². The topological polar surface area (TPSA) is 34.0 Å². The Morgan fingerprint density at radius 3 is 2.67 bits per heavy atom. The fourth-order valence-electron chi connectivity index (χ4n) is 1.61. The largest absolute Gasteiger partial charge is 0.350 e. The maximum absolute atomic E-state index is 11.9. The third kappa shape index (κ3) is 2.71. The lowest BCUT2D eigenvalue weighted by molar-refractivity contribution is 0.0950. The van der Waals surface area contributed by atoms with Crippen LogP contribution in [0.25, 0.3) is 0 Å². The smallest absolute Gasteiger partial charge is 0.254 e. The van der Waals surface area contributed by atoms with Gasteiger partial charge >= 0.3 is 0 Å². The average molecular weight is 303 g/mol. The van der Waals surface area contributed by atoms with E-state index in [-0.39, 0.29) is 5.91 Å². The predicted octanol–water partition coefficient (Wildman–Crippen LogP) is 3.63. The van der Waals surface area contributed by atoms with Crippen molar-refractivity contribution >= 4 is 40.4 Å². The van der Waals surface area contributed by atoms with Crippen LogP contribution in [-0.4, -0.2) is 10.5 Å². The number of rotatable bonds is 3. The van der Waals surface area contributed by atoms with Crippen LogP contribution in [0.5, 0.6) is 0 Å². The molecule has 18 heavy (non-hydrogen) atoms. The standard InChI is InChI=1S/C12H12Cl2N2OS/c1-7-3-4-8(16(7)2)6-15-12(17)9-5-10(13)18-11(9)14/h3-5H,6H2,1-2H3,(H,15,17). The number of hydrogen-bond acceptors (Lipinski definition) is 2. The Morgan fingerprint density at radius 1 is 1.44 bits per heavy atom. The van der Waals surface area contributed by atoms with E-state index < -0.39 is 0 Å². The molecule has 0 unspecified atom stereocenters. The highest BCUT2D eigenvalue weighted by Crippen LogP contribution is 2.30. The molecule has 2 aromatic heterocycles. The minimum atomic E-state index is -0.206. The van der Waals surface area contributed by atoms with Gasteiger partial charge in [-0.1, -0.05) is 23.2 Å². The maximum Gasteiger partial charge on any atom is 0.254 e. The number of amides is 1. The first kappa shape index (κ1) is 13.5. The summed E-state index contributed by atoms with van der Waals surface area (Å²) in [6.45, 7) is 2.48. The van der Waals surface area contributed by atoms with Crippen LogP contribution in [0.15, 0.2) is 18.2 Å². The van der Waals surface area contributed by atoms with Crippen LogP contribution in [-0.2, 0) is 13.6 Å². The number of aromatic nitrogens is 1. The highest BCUT2D eigenvalue weighted by molar-refractivity contribution is 7.20. The van der Waals surface area contributed by atoms with E-state index in [0.29, 0.717) is 20.8 Å².